The molecule has 0 aromatic carbocycles. The lowest BCUT2D eigenvalue weighted by atomic mass is 10.1. The molecule has 0 saturated carbocycles. The molecule has 0 spiro atoms. The maximum Gasteiger partial charge on any atom is 0.280 e. The number of halogens is 1. The molecule has 19 heavy (non-hydrogen) atoms. The van der Waals surface area contributed by atoms with Gasteiger partial charge in [0.25, 0.3) is 5.56 Å². The Bertz CT molecular complexity index is 719. The van der Waals surface area contributed by atoms with Crippen LogP contribution in [0.1, 0.15) is 12.5 Å². The molecule has 1 aliphatic rings. The Kier molecular flexibility index (Phi) is 2.59. The SMILES string of the molecule is Nc1nc2c(ncn2[C@@H]2C=C(F)[C@H](CO)C2)c(=O)[nH]1. The third-order valence-corrected chi connectivity index (χ3v) is 3.30. The van der Waals surface area contributed by atoms with Crippen molar-refractivity contribution < 1.29 is 9.50 Å². The zero-order valence-electron chi connectivity index (χ0n) is 9.88. The van der Waals surface area contributed by atoms with E-state index >= 15 is 0 Å². The molecular formula is C11H12FN5O2. The molecule has 7 nitrogen and oxygen atoms in total. The summed E-state index contributed by atoms with van der Waals surface area (Å²) in [4.78, 5) is 22.0. The minimum atomic E-state index is -0.512. The van der Waals surface area contributed by atoms with Crippen molar-refractivity contribution in [3.8, 4) is 0 Å². The molecule has 0 fully saturated rings. The zero-order chi connectivity index (χ0) is 13.6. The van der Waals surface area contributed by atoms with E-state index in [1.807, 2.05) is 0 Å². The van der Waals surface area contributed by atoms with E-state index in [9.17, 15) is 9.18 Å². The molecule has 8 heteroatoms. The smallest absolute Gasteiger partial charge is 0.280 e. The molecule has 2 atom stereocenters. The van der Waals surface area contributed by atoms with Gasteiger partial charge in [0, 0.05) is 5.92 Å². The van der Waals surface area contributed by atoms with Gasteiger partial charge in [-0.15, -0.1) is 0 Å². The molecule has 2 aromatic rings. The van der Waals surface area contributed by atoms with Crippen LogP contribution in [0.2, 0.25) is 0 Å². The fourth-order valence-electron chi connectivity index (χ4n) is 2.33. The van der Waals surface area contributed by atoms with Crippen LogP contribution in [0.15, 0.2) is 23.0 Å². The number of hydrogen-bond acceptors (Lipinski definition) is 5. The number of anilines is 1. The number of aromatic nitrogens is 4. The van der Waals surface area contributed by atoms with Crippen LogP contribution in [0.4, 0.5) is 10.3 Å². The predicted octanol–water partition coefficient (Wildman–Crippen LogP) is 0.108. The summed E-state index contributed by atoms with van der Waals surface area (Å²) >= 11 is 0. The third kappa shape index (κ3) is 1.80. The van der Waals surface area contributed by atoms with Gasteiger partial charge in [-0.25, -0.2) is 9.37 Å². The van der Waals surface area contributed by atoms with Crippen LogP contribution in [-0.4, -0.2) is 31.2 Å². The maximum absolute atomic E-state index is 13.5. The summed E-state index contributed by atoms with van der Waals surface area (Å²) in [5, 5.41) is 9.06. The standard InChI is InChI=1S/C11H12FN5O2/c12-7-2-6(1-5(7)3-18)17-4-14-8-9(17)15-11(13)16-10(8)19/h2,4-6,18H,1,3H2,(H3,13,15,16,19)/t5-,6-/m0/s1. The Balaban J connectivity index is 2.10. The van der Waals surface area contributed by atoms with E-state index in [1.54, 1.807) is 4.57 Å². The molecule has 2 aromatic heterocycles. The molecule has 4 N–H and O–H groups in total. The highest BCUT2D eigenvalue weighted by molar-refractivity contribution is 5.70. The normalized spacial score (nSPS) is 22.9. The average Bonchev–Trinajstić information content (AvgIpc) is 2.92. The number of aliphatic hydroxyl groups is 1. The van der Waals surface area contributed by atoms with Crippen molar-refractivity contribution in [2.75, 3.05) is 12.3 Å². The van der Waals surface area contributed by atoms with Gasteiger partial charge in [-0.3, -0.25) is 9.78 Å². The van der Waals surface area contributed by atoms with Crippen LogP contribution >= 0.6 is 0 Å². The summed E-state index contributed by atoms with van der Waals surface area (Å²) in [5.41, 5.74) is 5.54. The van der Waals surface area contributed by atoms with E-state index in [1.165, 1.54) is 12.4 Å². The lowest BCUT2D eigenvalue weighted by Crippen LogP contribution is -2.13. The van der Waals surface area contributed by atoms with Gasteiger partial charge in [0.1, 0.15) is 5.83 Å². The van der Waals surface area contributed by atoms with E-state index in [0.29, 0.717) is 12.1 Å². The Morgan fingerprint density at radius 1 is 1.63 bits per heavy atom. The van der Waals surface area contributed by atoms with Gasteiger partial charge in [-0.05, 0) is 12.5 Å². The summed E-state index contributed by atoms with van der Waals surface area (Å²) < 4.78 is 15.1. The molecule has 0 bridgehead atoms. The van der Waals surface area contributed by atoms with E-state index in [0.717, 1.165) is 0 Å². The van der Waals surface area contributed by atoms with Crippen LogP contribution in [0.5, 0.6) is 0 Å². The van der Waals surface area contributed by atoms with Crippen molar-refractivity contribution in [3.05, 3.63) is 28.6 Å². The van der Waals surface area contributed by atoms with Gasteiger partial charge >= 0.3 is 0 Å². The summed E-state index contributed by atoms with van der Waals surface area (Å²) in [5.74, 6) is -0.880. The Labute approximate surface area is 106 Å². The number of H-pyrrole nitrogens is 1. The highest BCUT2D eigenvalue weighted by Gasteiger charge is 2.28. The summed E-state index contributed by atoms with van der Waals surface area (Å²) in [6.45, 7) is -0.248. The third-order valence-electron chi connectivity index (χ3n) is 3.30. The van der Waals surface area contributed by atoms with Gasteiger partial charge in [0.05, 0.1) is 19.0 Å². The van der Waals surface area contributed by atoms with Gasteiger partial charge < -0.3 is 15.4 Å². The first-order valence-corrected chi connectivity index (χ1v) is 5.80. The fourth-order valence-corrected chi connectivity index (χ4v) is 2.33. The van der Waals surface area contributed by atoms with Crippen molar-refractivity contribution in [2.24, 2.45) is 5.92 Å². The number of nitrogen functional groups attached to an aromatic ring is 1. The zero-order valence-corrected chi connectivity index (χ0v) is 9.88. The van der Waals surface area contributed by atoms with Crippen molar-refractivity contribution in [1.82, 2.24) is 19.5 Å². The Morgan fingerprint density at radius 3 is 3.11 bits per heavy atom. The Hall–Kier alpha value is -2.22. The van der Waals surface area contributed by atoms with Crippen molar-refractivity contribution in [2.45, 2.75) is 12.5 Å². The van der Waals surface area contributed by atoms with Gasteiger partial charge in [0.15, 0.2) is 11.2 Å². The van der Waals surface area contributed by atoms with E-state index in [4.69, 9.17) is 10.8 Å². The van der Waals surface area contributed by atoms with E-state index < -0.39 is 11.5 Å². The van der Waals surface area contributed by atoms with E-state index in [-0.39, 0.29) is 29.9 Å². The summed E-state index contributed by atoms with van der Waals surface area (Å²) in [6.07, 6.45) is 3.24. The Morgan fingerprint density at radius 2 is 2.42 bits per heavy atom. The molecule has 100 valence electrons. The molecule has 0 saturated heterocycles. The molecule has 0 radical (unpaired) electrons. The number of aromatic amines is 1. The number of nitrogens with two attached hydrogens (primary N) is 1. The quantitative estimate of drug-likeness (QED) is 0.713. The fraction of sp³-hybridized carbons (Fsp3) is 0.364. The number of hydrogen-bond donors (Lipinski definition) is 3. The van der Waals surface area contributed by atoms with Crippen LogP contribution in [0.3, 0.4) is 0 Å². The first-order chi connectivity index (χ1) is 9.10. The molecule has 2 heterocycles. The minimum absolute atomic E-state index is 0.0135. The molecule has 1 aliphatic carbocycles. The molecule has 0 amide bonds. The van der Waals surface area contributed by atoms with Crippen molar-refractivity contribution in [1.29, 1.82) is 0 Å². The maximum atomic E-state index is 13.5. The number of fused-ring (bicyclic) bond motifs is 1. The first-order valence-electron chi connectivity index (χ1n) is 5.80. The van der Waals surface area contributed by atoms with Gasteiger partial charge in [0.2, 0.25) is 5.95 Å². The van der Waals surface area contributed by atoms with Crippen molar-refractivity contribution in [3.63, 3.8) is 0 Å². The summed E-state index contributed by atoms with van der Waals surface area (Å²) in [6, 6.07) is -0.323. The monoisotopic (exact) mass is 265 g/mol. The second-order valence-electron chi connectivity index (χ2n) is 4.51. The highest BCUT2D eigenvalue weighted by Crippen LogP contribution is 2.35. The molecular weight excluding hydrogens is 253 g/mol. The molecule has 0 unspecified atom stereocenters. The van der Waals surface area contributed by atoms with Crippen LogP contribution in [0.25, 0.3) is 11.2 Å². The lowest BCUT2D eigenvalue weighted by molar-refractivity contribution is 0.224. The number of allylic oxidation sites excluding steroid dienone is 1. The predicted molar refractivity (Wildman–Crippen MR) is 66.0 cm³/mol. The van der Waals surface area contributed by atoms with E-state index in [2.05, 4.69) is 15.0 Å². The number of nitrogens with zero attached hydrogens (tertiary/aromatic N) is 3. The largest absolute Gasteiger partial charge is 0.396 e. The van der Waals surface area contributed by atoms with Crippen LogP contribution in [-0.2, 0) is 0 Å². The second-order valence-corrected chi connectivity index (χ2v) is 4.51. The summed E-state index contributed by atoms with van der Waals surface area (Å²) in [7, 11) is 0. The number of rotatable bonds is 2. The highest BCUT2D eigenvalue weighted by atomic mass is 19.1. The van der Waals surface area contributed by atoms with Crippen LogP contribution in [0, 0.1) is 5.92 Å². The number of aliphatic hydroxyl groups excluding tert-OH is 1. The minimum Gasteiger partial charge on any atom is -0.396 e. The molecule has 0 aliphatic heterocycles. The van der Waals surface area contributed by atoms with Gasteiger partial charge in [-0.1, -0.05) is 0 Å². The van der Waals surface area contributed by atoms with Crippen LogP contribution < -0.4 is 11.3 Å². The number of nitrogens with one attached hydrogen (secondary N) is 1. The second kappa shape index (κ2) is 4.16. The number of imidazole rings is 1. The molecule has 3 rings (SSSR count). The average molecular weight is 265 g/mol. The van der Waals surface area contributed by atoms with Crippen molar-refractivity contribution >= 4 is 17.1 Å². The lowest BCUT2D eigenvalue weighted by Gasteiger charge is -2.11. The topological polar surface area (TPSA) is 110 Å². The first kappa shape index (κ1) is 11.8. The van der Waals surface area contributed by atoms with Gasteiger partial charge in [-0.2, -0.15) is 4.98 Å².